The van der Waals surface area contributed by atoms with Crippen LogP contribution in [0.3, 0.4) is 0 Å². The smallest absolute Gasteiger partial charge is 0.272 e. The van der Waals surface area contributed by atoms with Gasteiger partial charge in [-0.05, 0) is 18.6 Å². The van der Waals surface area contributed by atoms with Crippen LogP contribution in [0.1, 0.15) is 12.1 Å². The van der Waals surface area contributed by atoms with Crippen molar-refractivity contribution in [1.82, 2.24) is 24.5 Å². The summed E-state index contributed by atoms with van der Waals surface area (Å²) in [6.07, 6.45) is 6.15. The number of aromatic nitrogens is 4. The molecule has 4 rings (SSSR count). The summed E-state index contributed by atoms with van der Waals surface area (Å²) in [5.41, 5.74) is 1.26. The third-order valence-corrected chi connectivity index (χ3v) is 4.70. The van der Waals surface area contributed by atoms with E-state index in [0.717, 1.165) is 24.4 Å². The maximum atomic E-state index is 12.2. The molecule has 0 amide bonds. The molecule has 0 aliphatic carbocycles. The van der Waals surface area contributed by atoms with E-state index < -0.39 is 0 Å². The largest absolute Gasteiger partial charge is 0.490 e. The number of fused-ring (bicyclic) bond motifs is 1. The lowest BCUT2D eigenvalue weighted by Crippen LogP contribution is -2.34. The third kappa shape index (κ3) is 3.47. The maximum Gasteiger partial charge on any atom is 0.272 e. The van der Waals surface area contributed by atoms with E-state index in [4.69, 9.17) is 9.47 Å². The fourth-order valence-electron chi connectivity index (χ4n) is 3.37. The Morgan fingerprint density at radius 1 is 1.38 bits per heavy atom. The lowest BCUT2D eigenvalue weighted by Gasteiger charge is -2.23. The molecule has 1 saturated heterocycles. The van der Waals surface area contributed by atoms with Gasteiger partial charge in [-0.15, -0.1) is 0 Å². The Balaban J connectivity index is 1.49. The Morgan fingerprint density at radius 2 is 2.31 bits per heavy atom. The van der Waals surface area contributed by atoms with E-state index in [1.54, 1.807) is 37.8 Å². The topological polar surface area (TPSA) is 84.8 Å². The van der Waals surface area contributed by atoms with Gasteiger partial charge in [0.2, 0.25) is 0 Å². The van der Waals surface area contributed by atoms with Gasteiger partial charge >= 0.3 is 0 Å². The zero-order chi connectivity index (χ0) is 17.9. The molecule has 0 radical (unpaired) electrons. The van der Waals surface area contributed by atoms with Gasteiger partial charge in [0.05, 0.1) is 18.0 Å². The first kappa shape index (κ1) is 16.7. The molecule has 0 spiro atoms. The fraction of sp³-hybridized carbons (Fsp3) is 0.389. The number of likely N-dealkylation sites (tertiary alicyclic amines) is 1. The highest BCUT2D eigenvalue weighted by molar-refractivity contribution is 5.36. The van der Waals surface area contributed by atoms with Crippen LogP contribution >= 0.6 is 0 Å². The highest BCUT2D eigenvalue weighted by Crippen LogP contribution is 2.23. The van der Waals surface area contributed by atoms with Gasteiger partial charge in [0, 0.05) is 50.8 Å². The molecular formula is C18H21N5O3. The second-order valence-electron chi connectivity index (χ2n) is 6.42. The number of nitrogens with zero attached hydrogens (tertiary/aromatic N) is 4. The summed E-state index contributed by atoms with van der Waals surface area (Å²) in [5.74, 6) is 0.749. The molecule has 8 nitrogen and oxygen atoms in total. The molecule has 1 fully saturated rings. The molecule has 3 aromatic heterocycles. The van der Waals surface area contributed by atoms with Crippen LogP contribution in [0.25, 0.3) is 5.65 Å². The Kier molecular flexibility index (Phi) is 4.68. The van der Waals surface area contributed by atoms with Crippen LogP contribution in [-0.2, 0) is 11.3 Å². The van der Waals surface area contributed by atoms with Crippen LogP contribution in [0.4, 0.5) is 0 Å². The molecule has 1 N–H and O–H groups in total. The summed E-state index contributed by atoms with van der Waals surface area (Å²) in [7, 11) is 1.73. The molecule has 2 atom stereocenters. The summed E-state index contributed by atoms with van der Waals surface area (Å²) in [4.78, 5) is 23.1. The number of nitrogens with one attached hydrogen (secondary N) is 1. The predicted octanol–water partition coefficient (Wildman–Crippen LogP) is 1.09. The van der Waals surface area contributed by atoms with E-state index in [-0.39, 0.29) is 17.7 Å². The number of pyridine rings is 1. The first-order valence-electron chi connectivity index (χ1n) is 8.58. The van der Waals surface area contributed by atoms with Crippen molar-refractivity contribution in [2.45, 2.75) is 25.1 Å². The van der Waals surface area contributed by atoms with Crippen molar-refractivity contribution in [3.8, 4) is 5.75 Å². The summed E-state index contributed by atoms with van der Waals surface area (Å²) in [6, 6.07) is 7.29. The van der Waals surface area contributed by atoms with E-state index in [0.29, 0.717) is 18.8 Å². The van der Waals surface area contributed by atoms with Crippen molar-refractivity contribution in [3.05, 3.63) is 58.9 Å². The fourth-order valence-corrected chi connectivity index (χ4v) is 3.37. The first-order chi connectivity index (χ1) is 12.7. The van der Waals surface area contributed by atoms with E-state index in [1.807, 2.05) is 12.1 Å². The monoisotopic (exact) mass is 355 g/mol. The van der Waals surface area contributed by atoms with Crippen LogP contribution in [0.2, 0.25) is 0 Å². The molecule has 8 heteroatoms. The van der Waals surface area contributed by atoms with Gasteiger partial charge < -0.3 is 9.47 Å². The highest BCUT2D eigenvalue weighted by Gasteiger charge is 2.33. The Morgan fingerprint density at radius 3 is 3.12 bits per heavy atom. The van der Waals surface area contributed by atoms with E-state index >= 15 is 0 Å². The quantitative estimate of drug-likeness (QED) is 0.712. The molecule has 1 aliphatic heterocycles. The van der Waals surface area contributed by atoms with E-state index in [2.05, 4.69) is 20.0 Å². The van der Waals surface area contributed by atoms with Gasteiger partial charge in [-0.25, -0.2) is 9.50 Å². The molecule has 136 valence electrons. The molecule has 3 aromatic rings. The molecular weight excluding hydrogens is 334 g/mol. The van der Waals surface area contributed by atoms with Crippen molar-refractivity contribution in [2.75, 3.05) is 20.3 Å². The highest BCUT2D eigenvalue weighted by atomic mass is 16.5. The van der Waals surface area contributed by atoms with Gasteiger partial charge in [-0.3, -0.25) is 19.8 Å². The average molecular weight is 355 g/mol. The molecule has 0 unspecified atom stereocenters. The molecule has 26 heavy (non-hydrogen) atoms. The van der Waals surface area contributed by atoms with Crippen molar-refractivity contribution in [2.24, 2.45) is 0 Å². The minimum Gasteiger partial charge on any atom is -0.490 e. The lowest BCUT2D eigenvalue weighted by molar-refractivity contribution is 0.107. The van der Waals surface area contributed by atoms with Gasteiger partial charge in [0.1, 0.15) is 12.4 Å². The van der Waals surface area contributed by atoms with Crippen molar-refractivity contribution in [3.63, 3.8) is 0 Å². The molecule has 0 saturated carbocycles. The number of aromatic amines is 1. The van der Waals surface area contributed by atoms with Gasteiger partial charge in [0.25, 0.3) is 5.56 Å². The summed E-state index contributed by atoms with van der Waals surface area (Å²) in [5, 5.41) is 2.85. The minimum absolute atomic E-state index is 0.111. The van der Waals surface area contributed by atoms with Crippen molar-refractivity contribution < 1.29 is 9.47 Å². The zero-order valence-electron chi connectivity index (χ0n) is 14.5. The SMILES string of the molecule is CO[C@@H]1C[C@@H](COc2cccnc2)N(Cc2cc(=O)n3[nH]ccc3n2)C1. The van der Waals surface area contributed by atoms with Crippen LogP contribution in [-0.4, -0.2) is 56.9 Å². The molecule has 1 aliphatic rings. The standard InChI is InChI=1S/C18H21N5O3/c1-25-16-8-14(12-26-15-3-2-5-19-9-15)22(11-16)10-13-7-18(24)23-17(21-13)4-6-20-23/h2-7,9,14,16,20H,8,10-12H2,1H3/t14-,16+/m0/s1. The minimum atomic E-state index is -0.111. The van der Waals surface area contributed by atoms with E-state index in [9.17, 15) is 4.79 Å². The predicted molar refractivity (Wildman–Crippen MR) is 95.2 cm³/mol. The van der Waals surface area contributed by atoms with Crippen molar-refractivity contribution >= 4 is 5.65 Å². The van der Waals surface area contributed by atoms with Gasteiger partial charge in [-0.2, -0.15) is 0 Å². The number of H-pyrrole nitrogens is 1. The van der Waals surface area contributed by atoms with Gasteiger partial charge in [-0.1, -0.05) is 0 Å². The van der Waals surface area contributed by atoms with E-state index in [1.165, 1.54) is 4.52 Å². The summed E-state index contributed by atoms with van der Waals surface area (Å²) in [6.45, 7) is 1.90. The molecule has 4 heterocycles. The lowest BCUT2D eigenvalue weighted by atomic mass is 10.2. The number of rotatable bonds is 6. The first-order valence-corrected chi connectivity index (χ1v) is 8.58. The summed E-state index contributed by atoms with van der Waals surface area (Å²) < 4.78 is 12.8. The Labute approximate surface area is 150 Å². The number of hydrogen-bond acceptors (Lipinski definition) is 6. The van der Waals surface area contributed by atoms with Gasteiger partial charge in [0.15, 0.2) is 5.65 Å². The number of methoxy groups -OCH3 is 1. The van der Waals surface area contributed by atoms with Crippen molar-refractivity contribution in [1.29, 1.82) is 0 Å². The van der Waals surface area contributed by atoms with Crippen LogP contribution < -0.4 is 10.3 Å². The average Bonchev–Trinajstić information content (AvgIpc) is 3.28. The molecule has 0 bridgehead atoms. The second-order valence-corrected chi connectivity index (χ2v) is 6.42. The van der Waals surface area contributed by atoms with Crippen LogP contribution in [0.15, 0.2) is 47.7 Å². The maximum absolute atomic E-state index is 12.2. The number of hydrogen-bond donors (Lipinski definition) is 1. The Bertz CT molecular complexity index is 923. The molecule has 0 aromatic carbocycles. The van der Waals surface area contributed by atoms with Crippen LogP contribution in [0.5, 0.6) is 5.75 Å². The third-order valence-electron chi connectivity index (χ3n) is 4.70. The van der Waals surface area contributed by atoms with Crippen LogP contribution in [0, 0.1) is 0 Å². The Hall–Kier alpha value is -2.71. The summed E-state index contributed by atoms with van der Waals surface area (Å²) >= 11 is 0. The second kappa shape index (κ2) is 7.27. The number of ether oxygens (including phenoxy) is 2. The normalized spacial score (nSPS) is 20.7. The zero-order valence-corrected chi connectivity index (χ0v) is 14.5.